The molecule has 0 aliphatic carbocycles. The van der Waals surface area contributed by atoms with Crippen molar-refractivity contribution >= 4 is 11.8 Å². The number of nitriles is 1. The summed E-state index contributed by atoms with van der Waals surface area (Å²) in [7, 11) is 0. The molecular formula is C13H17N3O2. The molecule has 1 atom stereocenters. The van der Waals surface area contributed by atoms with Crippen molar-refractivity contribution in [1.82, 2.24) is 4.98 Å². The molecular weight excluding hydrogens is 230 g/mol. The number of carboxylic acids is 1. The van der Waals surface area contributed by atoms with Crippen LogP contribution in [0.2, 0.25) is 0 Å². The molecule has 0 bridgehead atoms. The molecule has 0 aromatic carbocycles. The lowest BCUT2D eigenvalue weighted by molar-refractivity contribution is -0.141. The van der Waals surface area contributed by atoms with Gasteiger partial charge in [-0.25, -0.2) is 4.98 Å². The summed E-state index contributed by atoms with van der Waals surface area (Å²) in [6.07, 6.45) is 0.611. The van der Waals surface area contributed by atoms with E-state index in [1.807, 2.05) is 19.9 Å². The molecule has 0 aliphatic rings. The molecule has 5 nitrogen and oxygen atoms in total. The Balaban J connectivity index is 2.61. The topological polar surface area (TPSA) is 86.0 Å². The van der Waals surface area contributed by atoms with Crippen LogP contribution in [0.5, 0.6) is 0 Å². The normalized spacial score (nSPS) is 11.9. The quantitative estimate of drug-likeness (QED) is 0.804. The number of nitrogens with one attached hydrogen (secondary N) is 1. The van der Waals surface area contributed by atoms with Crippen molar-refractivity contribution < 1.29 is 9.90 Å². The highest BCUT2D eigenvalue weighted by Gasteiger charge is 2.18. The standard InChI is InChI=1S/C13H17N3O2/c1-9(2)6-10(13(17)18)8-15-12-5-3-4-11(7-14)16-12/h3-5,9-10H,6,8H2,1-2H3,(H,15,16)(H,17,18). The van der Waals surface area contributed by atoms with Gasteiger partial charge in [-0.15, -0.1) is 0 Å². The van der Waals surface area contributed by atoms with E-state index < -0.39 is 11.9 Å². The van der Waals surface area contributed by atoms with Crippen LogP contribution in [0.25, 0.3) is 0 Å². The number of aromatic nitrogens is 1. The molecule has 0 saturated carbocycles. The maximum atomic E-state index is 11.1. The summed E-state index contributed by atoms with van der Waals surface area (Å²) >= 11 is 0. The van der Waals surface area contributed by atoms with Crippen LogP contribution in [0.4, 0.5) is 5.82 Å². The highest BCUT2D eigenvalue weighted by molar-refractivity contribution is 5.70. The van der Waals surface area contributed by atoms with Crippen LogP contribution in [-0.2, 0) is 4.79 Å². The van der Waals surface area contributed by atoms with Gasteiger partial charge >= 0.3 is 5.97 Å². The smallest absolute Gasteiger partial charge is 0.308 e. The summed E-state index contributed by atoms with van der Waals surface area (Å²) in [6, 6.07) is 6.98. The van der Waals surface area contributed by atoms with Gasteiger partial charge in [-0.1, -0.05) is 19.9 Å². The Morgan fingerprint density at radius 1 is 1.56 bits per heavy atom. The first-order chi connectivity index (χ1) is 8.52. The largest absolute Gasteiger partial charge is 0.481 e. The van der Waals surface area contributed by atoms with Crippen LogP contribution in [-0.4, -0.2) is 22.6 Å². The molecule has 1 heterocycles. The Morgan fingerprint density at radius 2 is 2.28 bits per heavy atom. The number of anilines is 1. The third kappa shape index (κ3) is 4.42. The maximum absolute atomic E-state index is 11.1. The molecule has 96 valence electrons. The Kier molecular flexibility index (Phi) is 5.12. The van der Waals surface area contributed by atoms with Gasteiger partial charge in [-0.05, 0) is 24.5 Å². The van der Waals surface area contributed by atoms with E-state index in [0.717, 1.165) is 0 Å². The van der Waals surface area contributed by atoms with Gasteiger partial charge in [0.1, 0.15) is 17.6 Å². The van der Waals surface area contributed by atoms with Gasteiger partial charge in [0.25, 0.3) is 0 Å². The molecule has 1 aromatic rings. The van der Waals surface area contributed by atoms with Gasteiger partial charge in [0, 0.05) is 6.54 Å². The number of aliphatic carboxylic acids is 1. The van der Waals surface area contributed by atoms with Crippen molar-refractivity contribution in [2.45, 2.75) is 20.3 Å². The van der Waals surface area contributed by atoms with Crippen molar-refractivity contribution in [3.05, 3.63) is 23.9 Å². The number of carbonyl (C=O) groups is 1. The van der Waals surface area contributed by atoms with Crippen molar-refractivity contribution in [2.24, 2.45) is 11.8 Å². The fraction of sp³-hybridized carbons (Fsp3) is 0.462. The van der Waals surface area contributed by atoms with Crippen LogP contribution >= 0.6 is 0 Å². The van der Waals surface area contributed by atoms with Gasteiger partial charge in [-0.3, -0.25) is 4.79 Å². The minimum absolute atomic E-state index is 0.315. The van der Waals surface area contributed by atoms with Crippen LogP contribution in [0, 0.1) is 23.2 Å². The average Bonchev–Trinajstić information content (AvgIpc) is 2.34. The van der Waals surface area contributed by atoms with E-state index in [-0.39, 0.29) is 0 Å². The van der Waals surface area contributed by atoms with E-state index in [2.05, 4.69) is 10.3 Å². The summed E-state index contributed by atoms with van der Waals surface area (Å²) in [5.41, 5.74) is 0.315. The molecule has 0 spiro atoms. The van der Waals surface area contributed by atoms with E-state index in [9.17, 15) is 4.79 Å². The monoisotopic (exact) mass is 247 g/mol. The molecule has 0 fully saturated rings. The lowest BCUT2D eigenvalue weighted by Crippen LogP contribution is -2.24. The average molecular weight is 247 g/mol. The SMILES string of the molecule is CC(C)CC(CNc1cccc(C#N)n1)C(=O)O. The number of carboxylic acid groups (broad SMARTS) is 1. The Hall–Kier alpha value is -2.09. The molecule has 0 aliphatic heterocycles. The first kappa shape index (κ1) is 14.0. The zero-order valence-corrected chi connectivity index (χ0v) is 10.6. The number of rotatable bonds is 6. The minimum Gasteiger partial charge on any atom is -0.481 e. The Bertz CT molecular complexity index is 452. The molecule has 1 aromatic heterocycles. The molecule has 1 rings (SSSR count). The maximum Gasteiger partial charge on any atom is 0.308 e. The fourth-order valence-corrected chi connectivity index (χ4v) is 1.66. The summed E-state index contributed by atoms with van der Waals surface area (Å²) in [5, 5.41) is 20.8. The lowest BCUT2D eigenvalue weighted by Gasteiger charge is -2.15. The third-order valence-electron chi connectivity index (χ3n) is 2.50. The van der Waals surface area contributed by atoms with Gasteiger partial charge in [-0.2, -0.15) is 5.26 Å². The first-order valence-electron chi connectivity index (χ1n) is 5.86. The fourth-order valence-electron chi connectivity index (χ4n) is 1.66. The van der Waals surface area contributed by atoms with Crippen LogP contribution in [0.1, 0.15) is 26.0 Å². The predicted molar refractivity (Wildman–Crippen MR) is 68.0 cm³/mol. The van der Waals surface area contributed by atoms with Gasteiger partial charge < -0.3 is 10.4 Å². The highest BCUT2D eigenvalue weighted by Crippen LogP contribution is 2.13. The summed E-state index contributed by atoms with van der Waals surface area (Å²) in [6.45, 7) is 4.30. The Morgan fingerprint density at radius 3 is 2.83 bits per heavy atom. The Labute approximate surface area is 106 Å². The zero-order chi connectivity index (χ0) is 13.5. The van der Waals surface area contributed by atoms with Crippen molar-refractivity contribution in [3.8, 4) is 6.07 Å². The second-order valence-corrected chi connectivity index (χ2v) is 4.57. The second kappa shape index (κ2) is 6.60. The van der Waals surface area contributed by atoms with Gasteiger partial charge in [0.15, 0.2) is 0 Å². The van der Waals surface area contributed by atoms with Crippen molar-refractivity contribution in [2.75, 3.05) is 11.9 Å². The minimum atomic E-state index is -0.812. The van der Waals surface area contributed by atoms with Crippen molar-refractivity contribution in [1.29, 1.82) is 5.26 Å². The number of pyridine rings is 1. The lowest BCUT2D eigenvalue weighted by atomic mass is 9.97. The molecule has 1 unspecified atom stereocenters. The molecule has 0 amide bonds. The van der Waals surface area contributed by atoms with Gasteiger partial charge in [0.2, 0.25) is 0 Å². The van der Waals surface area contributed by atoms with Crippen LogP contribution < -0.4 is 5.32 Å². The predicted octanol–water partition coefficient (Wildman–Crippen LogP) is 2.11. The molecule has 0 radical (unpaired) electrons. The van der Waals surface area contributed by atoms with E-state index in [1.54, 1.807) is 18.2 Å². The van der Waals surface area contributed by atoms with E-state index in [0.29, 0.717) is 30.4 Å². The summed E-state index contributed by atoms with van der Waals surface area (Å²) in [5.74, 6) is -0.402. The number of nitrogens with zero attached hydrogens (tertiary/aromatic N) is 2. The number of hydrogen-bond donors (Lipinski definition) is 2. The van der Waals surface area contributed by atoms with E-state index in [1.165, 1.54) is 0 Å². The first-order valence-corrected chi connectivity index (χ1v) is 5.86. The number of hydrogen-bond acceptors (Lipinski definition) is 4. The van der Waals surface area contributed by atoms with Crippen LogP contribution in [0.15, 0.2) is 18.2 Å². The molecule has 0 saturated heterocycles. The third-order valence-corrected chi connectivity index (χ3v) is 2.50. The molecule has 5 heteroatoms. The van der Waals surface area contributed by atoms with Crippen molar-refractivity contribution in [3.63, 3.8) is 0 Å². The van der Waals surface area contributed by atoms with E-state index >= 15 is 0 Å². The van der Waals surface area contributed by atoms with Gasteiger partial charge in [0.05, 0.1) is 5.92 Å². The van der Waals surface area contributed by atoms with E-state index in [4.69, 9.17) is 10.4 Å². The summed E-state index contributed by atoms with van der Waals surface area (Å²) in [4.78, 5) is 15.1. The zero-order valence-electron chi connectivity index (χ0n) is 10.6. The van der Waals surface area contributed by atoms with Crippen LogP contribution in [0.3, 0.4) is 0 Å². The molecule has 2 N–H and O–H groups in total. The molecule has 18 heavy (non-hydrogen) atoms. The summed E-state index contributed by atoms with van der Waals surface area (Å²) < 4.78 is 0. The second-order valence-electron chi connectivity index (χ2n) is 4.57. The highest BCUT2D eigenvalue weighted by atomic mass is 16.4.